The molecule has 6 nitrogen and oxygen atoms in total. The summed E-state index contributed by atoms with van der Waals surface area (Å²) in [6.07, 6.45) is 0.577. The molecule has 0 bridgehead atoms. The van der Waals surface area contributed by atoms with Gasteiger partial charge in [0.1, 0.15) is 0 Å². The lowest BCUT2D eigenvalue weighted by Crippen LogP contribution is -2.31. The molecule has 7 heteroatoms. The van der Waals surface area contributed by atoms with Gasteiger partial charge in [0.15, 0.2) is 0 Å². The molecule has 4 N–H and O–H groups in total. The monoisotopic (exact) mass is 223 g/mol. The summed E-state index contributed by atoms with van der Waals surface area (Å²) in [6, 6.07) is 0. The molecule has 84 valence electrons. The minimum atomic E-state index is -3.26. The quantitative estimate of drug-likeness (QED) is 0.483. The molecule has 0 aromatic rings. The third-order valence-electron chi connectivity index (χ3n) is 1.57. The van der Waals surface area contributed by atoms with E-state index >= 15 is 0 Å². The Bertz CT molecular complexity index is 263. The van der Waals surface area contributed by atoms with E-state index < -0.39 is 10.0 Å². The summed E-state index contributed by atoms with van der Waals surface area (Å²) in [5, 5.41) is 2.40. The molecule has 0 saturated carbocycles. The maximum atomic E-state index is 11.2. The Morgan fingerprint density at radius 2 is 2.07 bits per heavy atom. The molecule has 0 aromatic carbocycles. The fourth-order valence-electron chi connectivity index (χ4n) is 0.791. The van der Waals surface area contributed by atoms with E-state index in [0.29, 0.717) is 13.0 Å². The van der Waals surface area contributed by atoms with Crippen LogP contribution in [-0.2, 0) is 14.8 Å². The summed E-state index contributed by atoms with van der Waals surface area (Å²) in [7, 11) is -1.75. The van der Waals surface area contributed by atoms with Gasteiger partial charge in [-0.3, -0.25) is 4.79 Å². The molecule has 0 spiro atoms. The lowest BCUT2D eigenvalue weighted by atomic mass is 10.4. The van der Waals surface area contributed by atoms with Gasteiger partial charge >= 0.3 is 0 Å². The number of rotatable bonds is 7. The Morgan fingerprint density at radius 1 is 1.43 bits per heavy atom. The molecule has 0 fully saturated rings. The van der Waals surface area contributed by atoms with Crippen molar-refractivity contribution in [2.24, 2.45) is 5.73 Å². The van der Waals surface area contributed by atoms with Crippen LogP contribution in [0.1, 0.15) is 12.8 Å². The van der Waals surface area contributed by atoms with E-state index in [4.69, 9.17) is 5.73 Å². The zero-order valence-electron chi connectivity index (χ0n) is 8.25. The largest absolute Gasteiger partial charge is 0.359 e. The van der Waals surface area contributed by atoms with Gasteiger partial charge in [-0.1, -0.05) is 0 Å². The summed E-state index contributed by atoms with van der Waals surface area (Å²) < 4.78 is 24.6. The summed E-state index contributed by atoms with van der Waals surface area (Å²) in [5.41, 5.74) is 5.18. The van der Waals surface area contributed by atoms with Crippen LogP contribution in [0.5, 0.6) is 0 Å². The lowest BCUT2D eigenvalue weighted by Gasteiger charge is -2.04. The van der Waals surface area contributed by atoms with Crippen molar-refractivity contribution in [3.63, 3.8) is 0 Å². The lowest BCUT2D eigenvalue weighted by molar-refractivity contribution is -0.120. The SMILES string of the molecule is CNC(=O)CCNS(=O)(=O)CCCN. The van der Waals surface area contributed by atoms with Crippen LogP contribution in [0.2, 0.25) is 0 Å². The Hall–Kier alpha value is -0.660. The van der Waals surface area contributed by atoms with Gasteiger partial charge in [0, 0.05) is 20.0 Å². The molecule has 0 aromatic heterocycles. The van der Waals surface area contributed by atoms with Gasteiger partial charge in [-0.15, -0.1) is 0 Å². The van der Waals surface area contributed by atoms with Crippen LogP contribution in [0.15, 0.2) is 0 Å². The van der Waals surface area contributed by atoms with Crippen molar-refractivity contribution in [3.05, 3.63) is 0 Å². The third kappa shape index (κ3) is 6.81. The fraction of sp³-hybridized carbons (Fsp3) is 0.857. The van der Waals surface area contributed by atoms with Crippen LogP contribution >= 0.6 is 0 Å². The second-order valence-corrected chi connectivity index (χ2v) is 4.71. The van der Waals surface area contributed by atoms with Gasteiger partial charge in [-0.25, -0.2) is 13.1 Å². The normalized spacial score (nSPS) is 11.3. The summed E-state index contributed by atoms with van der Waals surface area (Å²) in [6.45, 7) is 0.475. The summed E-state index contributed by atoms with van der Waals surface area (Å²) in [4.78, 5) is 10.7. The topological polar surface area (TPSA) is 101 Å². The number of nitrogens with two attached hydrogens (primary N) is 1. The van der Waals surface area contributed by atoms with Crippen LogP contribution in [0.25, 0.3) is 0 Å². The molecule has 1 amide bonds. The van der Waals surface area contributed by atoms with E-state index in [1.54, 1.807) is 0 Å². The number of carbonyl (C=O) groups excluding carboxylic acids is 1. The van der Waals surface area contributed by atoms with Crippen molar-refractivity contribution in [3.8, 4) is 0 Å². The number of hydrogen-bond acceptors (Lipinski definition) is 4. The number of carbonyl (C=O) groups is 1. The highest BCUT2D eigenvalue weighted by atomic mass is 32.2. The van der Waals surface area contributed by atoms with E-state index in [-0.39, 0.29) is 24.6 Å². The molecule has 0 radical (unpaired) electrons. The zero-order valence-corrected chi connectivity index (χ0v) is 9.06. The molecule has 14 heavy (non-hydrogen) atoms. The molecular formula is C7H17N3O3S. The fourth-order valence-corrected chi connectivity index (χ4v) is 1.89. The minimum absolute atomic E-state index is 0.0112. The van der Waals surface area contributed by atoms with E-state index in [1.165, 1.54) is 7.05 Å². The van der Waals surface area contributed by atoms with Crippen molar-refractivity contribution in [1.82, 2.24) is 10.0 Å². The highest BCUT2D eigenvalue weighted by Gasteiger charge is 2.08. The highest BCUT2D eigenvalue weighted by molar-refractivity contribution is 7.89. The summed E-state index contributed by atoms with van der Waals surface area (Å²) >= 11 is 0. The average molecular weight is 223 g/mol. The smallest absolute Gasteiger partial charge is 0.221 e. The van der Waals surface area contributed by atoms with Crippen LogP contribution in [-0.4, -0.2) is 40.2 Å². The van der Waals surface area contributed by atoms with Crippen molar-refractivity contribution >= 4 is 15.9 Å². The third-order valence-corrected chi connectivity index (χ3v) is 3.04. The average Bonchev–Trinajstić information content (AvgIpc) is 2.14. The zero-order chi connectivity index (χ0) is 11.0. The van der Waals surface area contributed by atoms with Gasteiger partial charge in [0.05, 0.1) is 5.75 Å². The Balaban J connectivity index is 3.71. The second kappa shape index (κ2) is 6.74. The first-order chi connectivity index (χ1) is 6.52. The molecule has 0 aliphatic carbocycles. The molecule has 0 rings (SSSR count). The number of sulfonamides is 1. The van der Waals surface area contributed by atoms with Crippen LogP contribution < -0.4 is 15.8 Å². The maximum absolute atomic E-state index is 11.2. The van der Waals surface area contributed by atoms with E-state index in [2.05, 4.69) is 10.0 Å². The van der Waals surface area contributed by atoms with Gasteiger partial charge in [0.25, 0.3) is 0 Å². The number of nitrogens with one attached hydrogen (secondary N) is 2. The predicted molar refractivity (Wildman–Crippen MR) is 54.1 cm³/mol. The van der Waals surface area contributed by atoms with Crippen LogP contribution in [0.3, 0.4) is 0 Å². The second-order valence-electron chi connectivity index (χ2n) is 2.78. The van der Waals surface area contributed by atoms with E-state index in [1.807, 2.05) is 0 Å². The first-order valence-corrected chi connectivity index (χ1v) is 6.05. The maximum Gasteiger partial charge on any atom is 0.221 e. The molecular weight excluding hydrogens is 206 g/mol. The Morgan fingerprint density at radius 3 is 2.57 bits per heavy atom. The van der Waals surface area contributed by atoms with Crippen molar-refractivity contribution < 1.29 is 13.2 Å². The van der Waals surface area contributed by atoms with Crippen molar-refractivity contribution in [2.75, 3.05) is 25.9 Å². The van der Waals surface area contributed by atoms with Gasteiger partial charge < -0.3 is 11.1 Å². The predicted octanol–water partition coefficient (Wildman–Crippen LogP) is -1.61. The number of amides is 1. The van der Waals surface area contributed by atoms with Crippen molar-refractivity contribution in [1.29, 1.82) is 0 Å². The molecule has 0 heterocycles. The minimum Gasteiger partial charge on any atom is -0.359 e. The molecule has 0 atom stereocenters. The molecule has 0 saturated heterocycles. The standard InChI is InChI=1S/C7H17N3O3S/c1-9-7(11)3-5-10-14(12,13)6-2-4-8/h10H,2-6,8H2,1H3,(H,9,11). The van der Waals surface area contributed by atoms with E-state index in [9.17, 15) is 13.2 Å². The van der Waals surface area contributed by atoms with Gasteiger partial charge in [-0.05, 0) is 13.0 Å². The van der Waals surface area contributed by atoms with Crippen molar-refractivity contribution in [2.45, 2.75) is 12.8 Å². The van der Waals surface area contributed by atoms with Gasteiger partial charge in [-0.2, -0.15) is 0 Å². The Labute approximate surface area is 84.3 Å². The number of hydrogen-bond donors (Lipinski definition) is 3. The summed E-state index contributed by atoms with van der Waals surface area (Å²) in [5.74, 6) is -0.177. The van der Waals surface area contributed by atoms with Gasteiger partial charge in [0.2, 0.25) is 15.9 Å². The van der Waals surface area contributed by atoms with E-state index in [0.717, 1.165) is 0 Å². The van der Waals surface area contributed by atoms with Crippen LogP contribution in [0.4, 0.5) is 0 Å². The van der Waals surface area contributed by atoms with Crippen LogP contribution in [0, 0.1) is 0 Å². The molecule has 0 aliphatic heterocycles. The first-order valence-electron chi connectivity index (χ1n) is 4.40. The Kier molecular flexibility index (Phi) is 6.43. The highest BCUT2D eigenvalue weighted by Crippen LogP contribution is 1.88. The molecule has 0 unspecified atom stereocenters. The molecule has 0 aliphatic rings. The first kappa shape index (κ1) is 13.3.